The third-order valence-electron chi connectivity index (χ3n) is 5.42. The summed E-state index contributed by atoms with van der Waals surface area (Å²) in [7, 11) is 0. The van der Waals surface area contributed by atoms with Crippen LogP contribution >= 0.6 is 23.3 Å². The smallest absolute Gasteiger partial charge is 0.139 e. The van der Waals surface area contributed by atoms with Crippen LogP contribution in [0.1, 0.15) is 24.1 Å². The normalized spacial score (nSPS) is 17.8. The molecular weight excluding hydrogens is 442 g/mol. The Morgan fingerprint density at radius 2 is 2.19 bits per heavy atom. The standard InChI is InChI=1S/C22H21N7OS2/c23-10-13-1-4-24-19(7-13)32-29-16-8-15(9-16)27-20-17-2-5-25-21(17)26-11-18(20)22-28-14(3-6-30)12-31-22/h1-2,4-5,7,11-12,15-16,29-30H,3,6,8-9H2,(H2,25,26,27)/t15-,16+. The van der Waals surface area contributed by atoms with Crippen LogP contribution < -0.4 is 10.0 Å². The van der Waals surface area contributed by atoms with Gasteiger partial charge in [-0.2, -0.15) is 5.26 Å². The molecule has 4 N–H and O–H groups in total. The van der Waals surface area contributed by atoms with Gasteiger partial charge in [-0.05, 0) is 43.0 Å². The Labute approximate surface area is 193 Å². The van der Waals surface area contributed by atoms with Gasteiger partial charge in [-0.3, -0.25) is 4.72 Å². The Bertz CT molecular complexity index is 1270. The highest BCUT2D eigenvalue weighted by molar-refractivity contribution is 7.97. The van der Waals surface area contributed by atoms with Crippen molar-refractivity contribution >= 4 is 40.0 Å². The molecule has 0 aromatic carbocycles. The number of rotatable bonds is 8. The van der Waals surface area contributed by atoms with Gasteiger partial charge < -0.3 is 15.4 Å². The lowest BCUT2D eigenvalue weighted by Gasteiger charge is -2.37. The fraction of sp³-hybridized carbons (Fsp3) is 0.273. The minimum Gasteiger partial charge on any atom is -0.396 e. The molecule has 1 aliphatic rings. The van der Waals surface area contributed by atoms with Crippen molar-refractivity contribution in [2.24, 2.45) is 0 Å². The predicted octanol–water partition coefficient (Wildman–Crippen LogP) is 3.73. The summed E-state index contributed by atoms with van der Waals surface area (Å²) in [6, 6.07) is 8.38. The zero-order valence-corrected chi connectivity index (χ0v) is 18.7. The van der Waals surface area contributed by atoms with E-state index in [-0.39, 0.29) is 6.61 Å². The summed E-state index contributed by atoms with van der Waals surface area (Å²) in [6.07, 6.45) is 7.93. The minimum absolute atomic E-state index is 0.0914. The van der Waals surface area contributed by atoms with Crippen LogP contribution in [0.2, 0.25) is 0 Å². The van der Waals surface area contributed by atoms with Gasteiger partial charge in [-0.25, -0.2) is 15.0 Å². The SMILES string of the molecule is N#Cc1ccnc(SN[C@H]2C[C@@H](Nc3c(-c4nc(CCO)cs4)cnc4[nH]ccc34)C2)c1. The molecule has 0 spiro atoms. The zero-order valence-electron chi connectivity index (χ0n) is 17.1. The molecule has 162 valence electrons. The molecule has 5 rings (SSSR count). The van der Waals surface area contributed by atoms with Gasteiger partial charge in [0.05, 0.1) is 28.6 Å². The average Bonchev–Trinajstić information content (AvgIpc) is 3.45. The van der Waals surface area contributed by atoms with Crippen LogP contribution in [0.5, 0.6) is 0 Å². The van der Waals surface area contributed by atoms with E-state index < -0.39 is 0 Å². The lowest BCUT2D eigenvalue weighted by atomic mass is 9.87. The van der Waals surface area contributed by atoms with Gasteiger partial charge in [-0.15, -0.1) is 11.3 Å². The largest absolute Gasteiger partial charge is 0.396 e. The van der Waals surface area contributed by atoms with Gasteiger partial charge in [0, 0.05) is 54.5 Å². The third kappa shape index (κ3) is 4.33. The average molecular weight is 464 g/mol. The molecule has 32 heavy (non-hydrogen) atoms. The van der Waals surface area contributed by atoms with Crippen molar-refractivity contribution in [2.75, 3.05) is 11.9 Å². The molecule has 0 aliphatic heterocycles. The second-order valence-corrected chi connectivity index (χ2v) is 9.34. The number of aromatic nitrogens is 4. The van der Waals surface area contributed by atoms with Gasteiger partial charge in [-0.1, -0.05) is 0 Å². The highest BCUT2D eigenvalue weighted by atomic mass is 32.2. The molecule has 0 unspecified atom stereocenters. The third-order valence-corrected chi connectivity index (χ3v) is 7.23. The van der Waals surface area contributed by atoms with Crippen LogP contribution in [0, 0.1) is 11.3 Å². The van der Waals surface area contributed by atoms with Gasteiger partial charge >= 0.3 is 0 Å². The summed E-state index contributed by atoms with van der Waals surface area (Å²) in [6.45, 7) is 0.0914. The summed E-state index contributed by atoms with van der Waals surface area (Å²) >= 11 is 3.04. The number of nitrogens with one attached hydrogen (secondary N) is 3. The number of H-pyrrole nitrogens is 1. The fourth-order valence-corrected chi connectivity index (χ4v) is 5.35. The zero-order chi connectivity index (χ0) is 21.9. The van der Waals surface area contributed by atoms with Crippen LogP contribution in [0.15, 0.2) is 47.2 Å². The first-order chi connectivity index (χ1) is 15.7. The molecule has 0 bridgehead atoms. The van der Waals surface area contributed by atoms with E-state index in [1.807, 2.05) is 23.8 Å². The van der Waals surface area contributed by atoms with Gasteiger partial charge in [0.25, 0.3) is 0 Å². The van der Waals surface area contributed by atoms with Crippen molar-refractivity contribution in [2.45, 2.75) is 36.4 Å². The maximum atomic E-state index is 9.20. The lowest BCUT2D eigenvalue weighted by molar-refractivity contribution is 0.298. The Morgan fingerprint density at radius 3 is 3.03 bits per heavy atom. The topological polar surface area (TPSA) is 123 Å². The monoisotopic (exact) mass is 463 g/mol. The quantitative estimate of drug-likeness (QED) is 0.292. The Kier molecular flexibility index (Phi) is 6.05. The summed E-state index contributed by atoms with van der Waals surface area (Å²) in [5.41, 5.74) is 4.38. The Hall–Kier alpha value is -2.97. The van der Waals surface area contributed by atoms with Gasteiger partial charge in [0.15, 0.2) is 0 Å². The van der Waals surface area contributed by atoms with Crippen LogP contribution in [0.25, 0.3) is 21.6 Å². The molecule has 1 fully saturated rings. The number of nitrogens with zero attached hydrogens (tertiary/aromatic N) is 4. The predicted molar refractivity (Wildman–Crippen MR) is 126 cm³/mol. The molecule has 4 aromatic heterocycles. The molecule has 4 heterocycles. The molecule has 0 saturated heterocycles. The maximum absolute atomic E-state index is 9.20. The van der Waals surface area contributed by atoms with Crippen molar-refractivity contribution < 1.29 is 5.11 Å². The highest BCUT2D eigenvalue weighted by Crippen LogP contribution is 2.38. The van der Waals surface area contributed by atoms with Crippen molar-refractivity contribution in [3.63, 3.8) is 0 Å². The summed E-state index contributed by atoms with van der Waals surface area (Å²) in [5.74, 6) is 0. The van der Waals surface area contributed by atoms with Crippen molar-refractivity contribution in [3.8, 4) is 16.6 Å². The number of thiazole rings is 1. The van der Waals surface area contributed by atoms with E-state index in [0.29, 0.717) is 24.1 Å². The van der Waals surface area contributed by atoms with E-state index in [9.17, 15) is 5.11 Å². The maximum Gasteiger partial charge on any atom is 0.139 e. The number of fused-ring (bicyclic) bond motifs is 1. The van der Waals surface area contributed by atoms with Crippen molar-refractivity contribution in [3.05, 3.63) is 53.4 Å². The van der Waals surface area contributed by atoms with E-state index in [0.717, 1.165) is 50.9 Å². The number of aliphatic hydroxyl groups excluding tert-OH is 1. The Morgan fingerprint density at radius 1 is 1.28 bits per heavy atom. The number of pyridine rings is 2. The van der Waals surface area contributed by atoms with Crippen LogP contribution in [0.3, 0.4) is 0 Å². The summed E-state index contributed by atoms with van der Waals surface area (Å²) in [4.78, 5) is 16.7. The molecule has 8 nitrogen and oxygen atoms in total. The molecule has 0 radical (unpaired) electrons. The second kappa shape index (κ2) is 9.26. The first-order valence-electron chi connectivity index (χ1n) is 10.3. The van der Waals surface area contributed by atoms with Gasteiger partial charge in [0.1, 0.15) is 15.7 Å². The van der Waals surface area contributed by atoms with E-state index >= 15 is 0 Å². The molecule has 4 aromatic rings. The lowest BCUT2D eigenvalue weighted by Crippen LogP contribution is -2.45. The first kappa shape index (κ1) is 20.9. The molecule has 0 amide bonds. The molecule has 10 heteroatoms. The second-order valence-electron chi connectivity index (χ2n) is 7.63. The molecule has 0 atom stereocenters. The fourth-order valence-electron chi connectivity index (χ4n) is 3.70. The number of anilines is 1. The first-order valence-corrected chi connectivity index (χ1v) is 12.0. The Balaban J connectivity index is 1.27. The van der Waals surface area contributed by atoms with Crippen LogP contribution in [0.4, 0.5) is 5.69 Å². The number of hydrogen-bond donors (Lipinski definition) is 4. The van der Waals surface area contributed by atoms with Crippen LogP contribution in [-0.2, 0) is 6.42 Å². The number of aliphatic hydroxyl groups is 1. The summed E-state index contributed by atoms with van der Waals surface area (Å²) < 4.78 is 3.45. The molecular formula is C22H21N7OS2. The molecule has 1 saturated carbocycles. The summed E-state index contributed by atoms with van der Waals surface area (Å²) in [5, 5.41) is 26.7. The van der Waals surface area contributed by atoms with E-state index in [2.05, 4.69) is 36.0 Å². The minimum atomic E-state index is 0.0914. The number of hydrogen-bond acceptors (Lipinski definition) is 9. The van der Waals surface area contributed by atoms with Crippen molar-refractivity contribution in [1.82, 2.24) is 24.7 Å². The van der Waals surface area contributed by atoms with E-state index in [4.69, 9.17) is 5.26 Å². The number of aromatic amines is 1. The molecule has 1 aliphatic carbocycles. The van der Waals surface area contributed by atoms with E-state index in [1.165, 1.54) is 11.9 Å². The van der Waals surface area contributed by atoms with Crippen LogP contribution in [-0.4, -0.2) is 43.7 Å². The highest BCUT2D eigenvalue weighted by Gasteiger charge is 2.30. The van der Waals surface area contributed by atoms with E-state index in [1.54, 1.807) is 29.7 Å². The van der Waals surface area contributed by atoms with Crippen molar-refractivity contribution in [1.29, 1.82) is 5.26 Å². The van der Waals surface area contributed by atoms with Gasteiger partial charge in [0.2, 0.25) is 0 Å². The number of nitriles is 1.